The Morgan fingerprint density at radius 1 is 1.08 bits per heavy atom. The van der Waals surface area contributed by atoms with Gasteiger partial charge < -0.3 is 10.1 Å². The van der Waals surface area contributed by atoms with Gasteiger partial charge in [-0.2, -0.15) is 4.73 Å². The molecule has 1 atom stereocenters. The van der Waals surface area contributed by atoms with Gasteiger partial charge in [-0.25, -0.2) is 0 Å². The maximum atomic E-state index is 13.0. The topological polar surface area (TPSA) is 47.2 Å². The quantitative estimate of drug-likeness (QED) is 0.550. The van der Waals surface area contributed by atoms with Crippen molar-refractivity contribution in [2.24, 2.45) is 0 Å². The first-order valence-corrected chi connectivity index (χ1v) is 8.70. The Labute approximate surface area is 144 Å². The highest BCUT2D eigenvalue weighted by Gasteiger charge is 2.28. The Kier molecular flexibility index (Phi) is 6.79. The van der Waals surface area contributed by atoms with E-state index in [9.17, 15) is 10.0 Å². The molecule has 24 heavy (non-hydrogen) atoms. The lowest BCUT2D eigenvalue weighted by atomic mass is 9.99. The second-order valence-electron chi connectivity index (χ2n) is 6.04. The van der Waals surface area contributed by atoms with Gasteiger partial charge in [0.05, 0.1) is 0 Å². The molecule has 4 nitrogen and oxygen atoms in total. The highest BCUT2D eigenvalue weighted by atomic mass is 16.5. The van der Waals surface area contributed by atoms with Crippen molar-refractivity contribution in [3.05, 3.63) is 71.2 Å². The fraction of sp³-hybridized carbons (Fsp3) is 0.400. The fourth-order valence-corrected chi connectivity index (χ4v) is 3.02. The van der Waals surface area contributed by atoms with Crippen molar-refractivity contribution >= 4 is 5.91 Å². The number of amides is 1. The van der Waals surface area contributed by atoms with E-state index in [1.807, 2.05) is 23.1 Å². The third-order valence-corrected chi connectivity index (χ3v) is 4.15. The fourth-order valence-electron chi connectivity index (χ4n) is 3.02. The van der Waals surface area contributed by atoms with E-state index >= 15 is 0 Å². The van der Waals surface area contributed by atoms with Crippen LogP contribution in [0.2, 0.25) is 0 Å². The van der Waals surface area contributed by atoms with Gasteiger partial charge in [0.15, 0.2) is 6.20 Å². The van der Waals surface area contributed by atoms with Gasteiger partial charge in [0.1, 0.15) is 0 Å². The van der Waals surface area contributed by atoms with Crippen LogP contribution >= 0.6 is 0 Å². The Balaban J connectivity index is 2.27. The zero-order valence-electron chi connectivity index (χ0n) is 14.5. The SMILES string of the molecule is CCCC(Cc1ccccc1)N(CCC)C(=O)c1cccc[n+]1[O-]. The molecule has 0 N–H and O–H groups in total. The Bertz CT molecular complexity index is 643. The maximum Gasteiger partial charge on any atom is 0.320 e. The molecule has 0 spiro atoms. The zero-order chi connectivity index (χ0) is 17.4. The van der Waals surface area contributed by atoms with Crippen molar-refractivity contribution < 1.29 is 9.52 Å². The normalized spacial score (nSPS) is 11.9. The van der Waals surface area contributed by atoms with Crippen LogP contribution in [0.25, 0.3) is 0 Å². The lowest BCUT2D eigenvalue weighted by molar-refractivity contribution is -0.608. The van der Waals surface area contributed by atoms with Crippen LogP contribution in [0.15, 0.2) is 54.7 Å². The molecular formula is C20H26N2O2. The van der Waals surface area contributed by atoms with Crippen LogP contribution in [-0.4, -0.2) is 23.4 Å². The van der Waals surface area contributed by atoms with Crippen molar-refractivity contribution in [3.8, 4) is 0 Å². The minimum Gasteiger partial charge on any atom is -0.618 e. The van der Waals surface area contributed by atoms with Gasteiger partial charge in [-0.15, -0.1) is 0 Å². The molecular weight excluding hydrogens is 300 g/mol. The summed E-state index contributed by atoms with van der Waals surface area (Å²) in [6, 6.07) is 15.3. The largest absolute Gasteiger partial charge is 0.618 e. The summed E-state index contributed by atoms with van der Waals surface area (Å²) in [5.41, 5.74) is 1.41. The van der Waals surface area contributed by atoms with Crippen LogP contribution < -0.4 is 4.73 Å². The molecule has 0 radical (unpaired) electrons. The van der Waals surface area contributed by atoms with Gasteiger partial charge in [0.25, 0.3) is 5.69 Å². The van der Waals surface area contributed by atoms with E-state index < -0.39 is 0 Å². The Morgan fingerprint density at radius 2 is 1.79 bits per heavy atom. The first-order chi connectivity index (χ1) is 11.7. The molecule has 128 valence electrons. The number of hydrogen-bond donors (Lipinski definition) is 0. The zero-order valence-corrected chi connectivity index (χ0v) is 14.5. The number of benzene rings is 1. The summed E-state index contributed by atoms with van der Waals surface area (Å²) in [7, 11) is 0. The van der Waals surface area contributed by atoms with Gasteiger partial charge in [-0.1, -0.05) is 50.6 Å². The molecule has 1 amide bonds. The van der Waals surface area contributed by atoms with Gasteiger partial charge in [-0.3, -0.25) is 4.79 Å². The summed E-state index contributed by atoms with van der Waals surface area (Å²) in [5, 5.41) is 12.0. The molecule has 1 unspecified atom stereocenters. The number of rotatable bonds is 8. The summed E-state index contributed by atoms with van der Waals surface area (Å²) in [6.45, 7) is 4.84. The van der Waals surface area contributed by atoms with Crippen LogP contribution in [0.5, 0.6) is 0 Å². The number of aromatic nitrogens is 1. The molecule has 0 aliphatic rings. The predicted octanol–water partition coefficient (Wildman–Crippen LogP) is 3.58. The average Bonchev–Trinajstić information content (AvgIpc) is 2.60. The van der Waals surface area contributed by atoms with Crippen LogP contribution in [-0.2, 0) is 6.42 Å². The molecule has 0 saturated heterocycles. The third-order valence-electron chi connectivity index (χ3n) is 4.15. The average molecular weight is 326 g/mol. The van der Waals surface area contributed by atoms with Crippen molar-refractivity contribution in [2.75, 3.05) is 6.54 Å². The maximum absolute atomic E-state index is 13.0. The minimum atomic E-state index is -0.179. The second kappa shape index (κ2) is 9.06. The van der Waals surface area contributed by atoms with Crippen LogP contribution in [0.1, 0.15) is 49.2 Å². The van der Waals surface area contributed by atoms with Crippen molar-refractivity contribution in [3.63, 3.8) is 0 Å². The van der Waals surface area contributed by atoms with Gasteiger partial charge in [0, 0.05) is 24.7 Å². The van der Waals surface area contributed by atoms with E-state index in [0.717, 1.165) is 25.7 Å². The first-order valence-electron chi connectivity index (χ1n) is 8.70. The second-order valence-corrected chi connectivity index (χ2v) is 6.04. The Hall–Kier alpha value is -2.36. The number of pyridine rings is 1. The highest BCUT2D eigenvalue weighted by molar-refractivity contribution is 5.91. The molecule has 0 aliphatic carbocycles. The van der Waals surface area contributed by atoms with Crippen molar-refractivity contribution in [1.82, 2.24) is 4.90 Å². The van der Waals surface area contributed by atoms with Crippen molar-refractivity contribution in [2.45, 2.75) is 45.6 Å². The summed E-state index contributed by atoms with van der Waals surface area (Å²) in [5.74, 6) is -0.179. The molecule has 0 aliphatic heterocycles. The minimum absolute atomic E-state index is 0.102. The molecule has 2 aromatic rings. The molecule has 1 aromatic heterocycles. The number of carbonyl (C=O) groups excluding carboxylic acids is 1. The van der Waals surface area contributed by atoms with Gasteiger partial charge in [0.2, 0.25) is 0 Å². The number of hydrogen-bond acceptors (Lipinski definition) is 2. The number of carbonyl (C=O) groups is 1. The molecule has 0 fully saturated rings. The molecule has 1 aromatic carbocycles. The first kappa shape index (κ1) is 18.0. The highest BCUT2D eigenvalue weighted by Crippen LogP contribution is 2.17. The van der Waals surface area contributed by atoms with E-state index in [1.165, 1.54) is 11.8 Å². The van der Waals surface area contributed by atoms with Crippen LogP contribution in [0, 0.1) is 5.21 Å². The summed E-state index contributed by atoms with van der Waals surface area (Å²) in [4.78, 5) is 14.8. The third kappa shape index (κ3) is 4.57. The molecule has 4 heteroatoms. The Morgan fingerprint density at radius 3 is 2.42 bits per heavy atom. The predicted molar refractivity (Wildman–Crippen MR) is 95.6 cm³/mol. The molecule has 1 heterocycles. The van der Waals surface area contributed by atoms with E-state index in [0.29, 0.717) is 11.3 Å². The standard InChI is InChI=1S/C20H26N2O2/c1-3-10-18(16-17-11-6-5-7-12-17)21(14-4-2)20(23)19-13-8-9-15-22(19)24/h5-9,11-13,15,18H,3-4,10,14,16H2,1-2H3. The van der Waals surface area contributed by atoms with E-state index in [-0.39, 0.29) is 17.6 Å². The van der Waals surface area contributed by atoms with Gasteiger partial charge in [-0.05, 0) is 30.9 Å². The van der Waals surface area contributed by atoms with Crippen LogP contribution in [0.3, 0.4) is 0 Å². The monoisotopic (exact) mass is 326 g/mol. The summed E-state index contributed by atoms with van der Waals surface area (Å²) >= 11 is 0. The van der Waals surface area contributed by atoms with Crippen molar-refractivity contribution in [1.29, 1.82) is 0 Å². The smallest absolute Gasteiger partial charge is 0.320 e. The van der Waals surface area contributed by atoms with E-state index in [1.54, 1.807) is 18.2 Å². The summed E-state index contributed by atoms with van der Waals surface area (Å²) in [6.07, 6.45) is 4.98. The van der Waals surface area contributed by atoms with Crippen LogP contribution in [0.4, 0.5) is 0 Å². The van der Waals surface area contributed by atoms with E-state index in [4.69, 9.17) is 0 Å². The van der Waals surface area contributed by atoms with E-state index in [2.05, 4.69) is 26.0 Å². The lowest BCUT2D eigenvalue weighted by Gasteiger charge is -2.31. The lowest BCUT2D eigenvalue weighted by Crippen LogP contribution is -2.47. The number of nitrogens with zero attached hydrogens (tertiary/aromatic N) is 2. The molecule has 0 saturated carbocycles. The van der Waals surface area contributed by atoms with Gasteiger partial charge >= 0.3 is 5.91 Å². The summed E-state index contributed by atoms with van der Waals surface area (Å²) < 4.78 is 0.663. The molecule has 0 bridgehead atoms. The molecule has 2 rings (SSSR count).